The van der Waals surface area contributed by atoms with E-state index in [0.717, 1.165) is 23.4 Å². The summed E-state index contributed by atoms with van der Waals surface area (Å²) in [5, 5.41) is 3.40. The Kier molecular flexibility index (Phi) is 6.05. The van der Waals surface area contributed by atoms with Crippen molar-refractivity contribution in [3.63, 3.8) is 0 Å². The van der Waals surface area contributed by atoms with Gasteiger partial charge in [0.2, 0.25) is 0 Å². The van der Waals surface area contributed by atoms with E-state index in [1.807, 2.05) is 13.0 Å². The highest BCUT2D eigenvalue weighted by molar-refractivity contribution is 5.60. The van der Waals surface area contributed by atoms with E-state index in [4.69, 9.17) is 0 Å². The van der Waals surface area contributed by atoms with Gasteiger partial charge in [-0.2, -0.15) is 0 Å². The largest absolute Gasteiger partial charge is 0.355 e. The molecule has 0 aromatic heterocycles. The lowest BCUT2D eigenvalue weighted by atomic mass is 10.1. The topological polar surface area (TPSA) is 12.0 Å². The van der Waals surface area contributed by atoms with Crippen molar-refractivity contribution in [3.05, 3.63) is 77.6 Å². The smallest absolute Gasteiger partial charge is 0.0414 e. The first kappa shape index (κ1) is 16.0. The number of nitrogens with one attached hydrogen (secondary N) is 1. The van der Waals surface area contributed by atoms with E-state index >= 15 is 0 Å². The molecule has 0 amide bonds. The zero-order valence-electron chi connectivity index (χ0n) is 13.1. The zero-order valence-corrected chi connectivity index (χ0v) is 13.1. The number of benzene rings is 1. The first-order chi connectivity index (χ1) is 9.51. The van der Waals surface area contributed by atoms with Crippen LogP contribution in [0.3, 0.4) is 0 Å². The van der Waals surface area contributed by atoms with Crippen LogP contribution in [0.15, 0.2) is 66.4 Å². The van der Waals surface area contributed by atoms with Gasteiger partial charge >= 0.3 is 0 Å². The second-order valence-corrected chi connectivity index (χ2v) is 4.94. The lowest BCUT2D eigenvalue weighted by molar-refractivity contribution is 1.14. The molecule has 0 bridgehead atoms. The standard InChI is InChI=1S/C19H25N/c1-7-17(8-2)13-18(9-3)16(6)20-19-11-10-14(4)12-15(19)5/h7,9-13,20H,1,6,8H2,2-5H3/b17-13+,18-9-. The molecule has 1 rings (SSSR count). The van der Waals surface area contributed by atoms with Crippen LogP contribution < -0.4 is 5.32 Å². The molecule has 0 spiro atoms. The number of rotatable bonds is 6. The third kappa shape index (κ3) is 4.27. The number of allylic oxidation sites excluding steroid dienone is 4. The Bertz CT molecular complexity index is 559. The van der Waals surface area contributed by atoms with E-state index < -0.39 is 0 Å². The van der Waals surface area contributed by atoms with Crippen LogP contribution in [0.5, 0.6) is 0 Å². The normalized spacial score (nSPS) is 12.2. The van der Waals surface area contributed by atoms with Crippen molar-refractivity contribution in [2.45, 2.75) is 34.1 Å². The zero-order chi connectivity index (χ0) is 15.1. The van der Waals surface area contributed by atoms with Gasteiger partial charge in [0, 0.05) is 11.4 Å². The van der Waals surface area contributed by atoms with Crippen molar-refractivity contribution in [1.29, 1.82) is 0 Å². The Balaban J connectivity index is 2.94. The van der Waals surface area contributed by atoms with Gasteiger partial charge in [-0.3, -0.25) is 0 Å². The van der Waals surface area contributed by atoms with Crippen LogP contribution in [0, 0.1) is 13.8 Å². The maximum atomic E-state index is 4.15. The summed E-state index contributed by atoms with van der Waals surface area (Å²) in [6.07, 6.45) is 7.06. The van der Waals surface area contributed by atoms with Crippen LogP contribution in [-0.4, -0.2) is 0 Å². The highest BCUT2D eigenvalue weighted by atomic mass is 14.9. The van der Waals surface area contributed by atoms with Crippen molar-refractivity contribution in [2.24, 2.45) is 0 Å². The fourth-order valence-corrected chi connectivity index (χ4v) is 2.04. The predicted molar refractivity (Wildman–Crippen MR) is 91.0 cm³/mol. The first-order valence-electron chi connectivity index (χ1n) is 7.04. The van der Waals surface area contributed by atoms with Gasteiger partial charge in [0.25, 0.3) is 0 Å². The quantitative estimate of drug-likeness (QED) is 0.652. The molecule has 0 aliphatic rings. The molecule has 0 fully saturated rings. The molecule has 0 saturated carbocycles. The molecule has 106 valence electrons. The molecule has 0 saturated heterocycles. The van der Waals surface area contributed by atoms with Gasteiger partial charge in [0.05, 0.1) is 0 Å². The summed E-state index contributed by atoms with van der Waals surface area (Å²) in [4.78, 5) is 0. The van der Waals surface area contributed by atoms with Crippen LogP contribution in [0.1, 0.15) is 31.4 Å². The molecule has 1 nitrogen and oxygen atoms in total. The van der Waals surface area contributed by atoms with Gasteiger partial charge in [-0.1, -0.05) is 56.0 Å². The Labute approximate surface area is 123 Å². The summed E-state index contributed by atoms with van der Waals surface area (Å²) in [7, 11) is 0. The molecule has 0 atom stereocenters. The fourth-order valence-electron chi connectivity index (χ4n) is 2.04. The van der Waals surface area contributed by atoms with E-state index in [0.29, 0.717) is 0 Å². The van der Waals surface area contributed by atoms with Gasteiger partial charge in [0.1, 0.15) is 0 Å². The number of anilines is 1. The highest BCUT2D eigenvalue weighted by Gasteiger charge is 2.03. The van der Waals surface area contributed by atoms with Crippen molar-refractivity contribution < 1.29 is 0 Å². The van der Waals surface area contributed by atoms with Crippen molar-refractivity contribution in [2.75, 3.05) is 5.32 Å². The van der Waals surface area contributed by atoms with Crippen LogP contribution in [0.2, 0.25) is 0 Å². The summed E-state index contributed by atoms with van der Waals surface area (Å²) in [5.41, 5.74) is 6.82. The highest BCUT2D eigenvalue weighted by Crippen LogP contribution is 2.21. The van der Waals surface area contributed by atoms with Gasteiger partial charge in [-0.05, 0) is 50.0 Å². The van der Waals surface area contributed by atoms with Crippen LogP contribution >= 0.6 is 0 Å². The third-order valence-corrected chi connectivity index (χ3v) is 3.34. The summed E-state index contributed by atoms with van der Waals surface area (Å²) < 4.78 is 0. The minimum atomic E-state index is 0.909. The molecule has 0 unspecified atom stereocenters. The van der Waals surface area contributed by atoms with Gasteiger partial charge < -0.3 is 5.32 Å². The Morgan fingerprint density at radius 2 is 2.00 bits per heavy atom. The molecular formula is C19H25N. The molecule has 1 heteroatoms. The lowest BCUT2D eigenvalue weighted by Crippen LogP contribution is -2.02. The van der Waals surface area contributed by atoms with Crippen LogP contribution in [-0.2, 0) is 0 Å². The van der Waals surface area contributed by atoms with Gasteiger partial charge in [-0.15, -0.1) is 0 Å². The van der Waals surface area contributed by atoms with Crippen LogP contribution in [0.4, 0.5) is 5.69 Å². The summed E-state index contributed by atoms with van der Waals surface area (Å²) >= 11 is 0. The molecular weight excluding hydrogens is 242 g/mol. The number of hydrogen-bond acceptors (Lipinski definition) is 1. The number of hydrogen-bond donors (Lipinski definition) is 1. The maximum absolute atomic E-state index is 4.15. The Morgan fingerprint density at radius 3 is 2.50 bits per heavy atom. The third-order valence-electron chi connectivity index (χ3n) is 3.34. The number of aryl methyl sites for hydroxylation is 2. The SMILES string of the molecule is C=C/C(=C\C(=C\C)C(=C)Nc1ccc(C)cc1C)CC. The van der Waals surface area contributed by atoms with E-state index in [2.05, 4.69) is 69.6 Å². The molecule has 1 aromatic carbocycles. The summed E-state index contributed by atoms with van der Waals surface area (Å²) in [5.74, 6) is 0. The monoisotopic (exact) mass is 267 g/mol. The Morgan fingerprint density at radius 1 is 1.30 bits per heavy atom. The molecule has 1 aromatic rings. The molecule has 0 aliphatic heterocycles. The minimum Gasteiger partial charge on any atom is -0.355 e. The van der Waals surface area contributed by atoms with Crippen molar-refractivity contribution in [1.82, 2.24) is 0 Å². The molecule has 1 N–H and O–H groups in total. The predicted octanol–water partition coefficient (Wildman–Crippen LogP) is 5.70. The second kappa shape index (κ2) is 7.54. The lowest BCUT2D eigenvalue weighted by Gasteiger charge is -2.14. The van der Waals surface area contributed by atoms with Crippen LogP contribution in [0.25, 0.3) is 0 Å². The maximum Gasteiger partial charge on any atom is 0.0414 e. The molecule has 0 heterocycles. The van der Waals surface area contributed by atoms with Crippen molar-refractivity contribution >= 4 is 5.69 Å². The van der Waals surface area contributed by atoms with Gasteiger partial charge in [0.15, 0.2) is 0 Å². The average molecular weight is 267 g/mol. The van der Waals surface area contributed by atoms with E-state index in [9.17, 15) is 0 Å². The molecule has 20 heavy (non-hydrogen) atoms. The van der Waals surface area contributed by atoms with Crippen molar-refractivity contribution in [3.8, 4) is 0 Å². The molecule has 0 radical (unpaired) electrons. The average Bonchev–Trinajstić information content (AvgIpc) is 2.43. The second-order valence-electron chi connectivity index (χ2n) is 4.94. The van der Waals surface area contributed by atoms with E-state index in [-0.39, 0.29) is 0 Å². The molecule has 0 aliphatic carbocycles. The van der Waals surface area contributed by atoms with E-state index in [1.165, 1.54) is 16.7 Å². The fraction of sp³-hybridized carbons (Fsp3) is 0.263. The van der Waals surface area contributed by atoms with E-state index in [1.54, 1.807) is 0 Å². The Hall–Kier alpha value is -2.02. The van der Waals surface area contributed by atoms with Gasteiger partial charge in [-0.25, -0.2) is 0 Å². The minimum absolute atomic E-state index is 0.909. The first-order valence-corrected chi connectivity index (χ1v) is 7.04. The summed E-state index contributed by atoms with van der Waals surface area (Å²) in [6, 6.07) is 6.37. The summed E-state index contributed by atoms with van der Waals surface area (Å²) in [6.45, 7) is 16.3.